The molecule has 0 aliphatic rings. The predicted octanol–water partition coefficient (Wildman–Crippen LogP) is 8.63. The van der Waals surface area contributed by atoms with Crippen molar-refractivity contribution in [1.29, 1.82) is 0 Å². The van der Waals surface area contributed by atoms with Gasteiger partial charge in [-0.25, -0.2) is 0 Å². The lowest BCUT2D eigenvalue weighted by atomic mass is 9.87. The largest absolute Gasteiger partial charge is 0.354 e. The molecular formula is C37H40N2. The number of aromatic nitrogens is 2. The van der Waals surface area contributed by atoms with E-state index in [2.05, 4.69) is 149 Å². The Morgan fingerprint density at radius 2 is 1.46 bits per heavy atom. The first-order valence-electron chi connectivity index (χ1n) is 14.1. The predicted molar refractivity (Wildman–Crippen MR) is 169 cm³/mol. The maximum atomic E-state index is 3.78. The van der Waals surface area contributed by atoms with E-state index in [-0.39, 0.29) is 5.41 Å². The molecule has 0 fully saturated rings. The molecule has 3 aromatic carbocycles. The average molecular weight is 513 g/mol. The van der Waals surface area contributed by atoms with Gasteiger partial charge in [-0.15, -0.1) is 0 Å². The zero-order valence-electron chi connectivity index (χ0n) is 24.3. The van der Waals surface area contributed by atoms with Gasteiger partial charge < -0.3 is 9.97 Å². The molecule has 0 radical (unpaired) electrons. The van der Waals surface area contributed by atoms with E-state index in [9.17, 15) is 0 Å². The molecule has 39 heavy (non-hydrogen) atoms. The molecular weight excluding hydrogens is 472 g/mol. The summed E-state index contributed by atoms with van der Waals surface area (Å²) in [7, 11) is 0. The minimum absolute atomic E-state index is 0.159. The summed E-state index contributed by atoms with van der Waals surface area (Å²) in [5.74, 6) is 0.947. The maximum absolute atomic E-state index is 3.78. The normalized spacial score (nSPS) is 12.5. The first kappa shape index (κ1) is 26.6. The minimum atomic E-state index is 0.159. The zero-order valence-corrected chi connectivity index (χ0v) is 24.3. The molecule has 0 aliphatic carbocycles. The van der Waals surface area contributed by atoms with Crippen molar-refractivity contribution in [1.82, 2.24) is 9.97 Å². The summed E-state index contributed by atoms with van der Waals surface area (Å²) < 4.78 is 0. The first-order valence-corrected chi connectivity index (χ1v) is 14.1. The molecule has 0 aliphatic heterocycles. The second-order valence-corrected chi connectivity index (χ2v) is 12.2. The van der Waals surface area contributed by atoms with Crippen molar-refractivity contribution in [2.75, 3.05) is 0 Å². The highest BCUT2D eigenvalue weighted by atomic mass is 14.7. The highest BCUT2D eigenvalue weighted by Gasteiger charge is 2.16. The van der Waals surface area contributed by atoms with Crippen LogP contribution in [0.2, 0.25) is 0 Å². The van der Waals surface area contributed by atoms with Gasteiger partial charge in [-0.2, -0.15) is 0 Å². The van der Waals surface area contributed by atoms with E-state index in [0.29, 0.717) is 11.8 Å². The van der Waals surface area contributed by atoms with Crippen molar-refractivity contribution in [3.05, 3.63) is 118 Å². The molecule has 0 amide bonds. The lowest BCUT2D eigenvalue weighted by Crippen LogP contribution is -2.10. The van der Waals surface area contributed by atoms with Gasteiger partial charge in [-0.05, 0) is 63.8 Å². The number of benzene rings is 3. The summed E-state index contributed by atoms with van der Waals surface area (Å²) >= 11 is 0. The Hall–Kier alpha value is -4.00. The quantitative estimate of drug-likeness (QED) is 0.236. The average Bonchev–Trinajstić information content (AvgIpc) is 3.51. The molecule has 2 heterocycles. The molecule has 5 aromatic rings. The van der Waals surface area contributed by atoms with Crippen LogP contribution in [0.1, 0.15) is 88.2 Å². The van der Waals surface area contributed by atoms with Crippen molar-refractivity contribution in [2.24, 2.45) is 0 Å². The van der Waals surface area contributed by atoms with Gasteiger partial charge in [0, 0.05) is 27.4 Å². The van der Waals surface area contributed by atoms with Crippen molar-refractivity contribution >= 4 is 28.7 Å². The minimum Gasteiger partial charge on any atom is -0.354 e. The molecule has 0 spiro atoms. The van der Waals surface area contributed by atoms with Crippen LogP contribution in [0, 0.1) is 0 Å². The molecule has 5 rings (SSSR count). The first-order chi connectivity index (χ1) is 18.6. The highest BCUT2D eigenvalue weighted by molar-refractivity contribution is 6.01. The molecule has 2 nitrogen and oxygen atoms in total. The smallest absolute Gasteiger partial charge is 0.0818 e. The van der Waals surface area contributed by atoms with Crippen molar-refractivity contribution in [3.8, 4) is 11.3 Å². The van der Waals surface area contributed by atoms with Crippen LogP contribution < -0.4 is 10.7 Å². The summed E-state index contributed by atoms with van der Waals surface area (Å²) in [5.41, 5.74) is 12.4. The highest BCUT2D eigenvalue weighted by Crippen LogP contribution is 2.37. The van der Waals surface area contributed by atoms with Gasteiger partial charge in [0.15, 0.2) is 0 Å². The van der Waals surface area contributed by atoms with Gasteiger partial charge in [0.25, 0.3) is 0 Å². The molecule has 0 unspecified atom stereocenters. The van der Waals surface area contributed by atoms with Crippen LogP contribution in [-0.4, -0.2) is 9.97 Å². The summed E-state index contributed by atoms with van der Waals surface area (Å²) in [6, 6.07) is 28.6. The number of nitrogens with one attached hydrogen (secondary N) is 2. The number of fused-ring (bicyclic) bond motifs is 1. The van der Waals surface area contributed by atoms with Gasteiger partial charge in [-0.1, -0.05) is 121 Å². The Balaban J connectivity index is 1.55. The summed E-state index contributed by atoms with van der Waals surface area (Å²) in [5, 5.41) is 4.49. The Morgan fingerprint density at radius 1 is 0.744 bits per heavy atom. The Kier molecular flexibility index (Phi) is 7.25. The van der Waals surface area contributed by atoms with Crippen LogP contribution in [-0.2, 0) is 5.41 Å². The van der Waals surface area contributed by atoms with Gasteiger partial charge >= 0.3 is 0 Å². The Bertz CT molecular complexity index is 1760. The third-order valence-electron chi connectivity index (χ3n) is 7.56. The fraction of sp³-hybridized carbons (Fsp3) is 0.270. The van der Waals surface area contributed by atoms with Gasteiger partial charge in [-0.3, -0.25) is 0 Å². The van der Waals surface area contributed by atoms with Crippen molar-refractivity contribution in [3.63, 3.8) is 0 Å². The lowest BCUT2D eigenvalue weighted by molar-refractivity contribution is 0.590. The molecule has 2 heteroatoms. The topological polar surface area (TPSA) is 31.6 Å². The lowest BCUT2D eigenvalue weighted by Gasteiger charge is -2.18. The summed E-state index contributed by atoms with van der Waals surface area (Å²) in [4.78, 5) is 7.29. The van der Waals surface area contributed by atoms with Gasteiger partial charge in [0.05, 0.1) is 11.0 Å². The van der Waals surface area contributed by atoms with E-state index in [0.717, 1.165) is 22.0 Å². The summed E-state index contributed by atoms with van der Waals surface area (Å²) in [6.45, 7) is 15.8. The second kappa shape index (κ2) is 10.6. The third-order valence-corrected chi connectivity index (χ3v) is 7.56. The van der Waals surface area contributed by atoms with Crippen LogP contribution in [0.15, 0.2) is 78.9 Å². The van der Waals surface area contributed by atoms with E-state index in [1.807, 2.05) is 6.08 Å². The molecule has 2 N–H and O–H groups in total. The summed E-state index contributed by atoms with van der Waals surface area (Å²) in [6.07, 6.45) is 4.24. The van der Waals surface area contributed by atoms with E-state index >= 15 is 0 Å². The Morgan fingerprint density at radius 3 is 2.13 bits per heavy atom. The molecule has 0 bridgehead atoms. The molecule has 0 saturated heterocycles. The van der Waals surface area contributed by atoms with Crippen molar-refractivity contribution < 1.29 is 0 Å². The molecule has 2 aromatic heterocycles. The van der Waals surface area contributed by atoms with E-state index in [4.69, 9.17) is 0 Å². The van der Waals surface area contributed by atoms with E-state index < -0.39 is 0 Å². The second-order valence-electron chi connectivity index (χ2n) is 12.2. The number of hydrogen-bond acceptors (Lipinski definition) is 0. The van der Waals surface area contributed by atoms with Gasteiger partial charge in [0.1, 0.15) is 0 Å². The fourth-order valence-electron chi connectivity index (χ4n) is 5.15. The van der Waals surface area contributed by atoms with Crippen LogP contribution in [0.25, 0.3) is 39.9 Å². The van der Waals surface area contributed by atoms with Gasteiger partial charge in [0.2, 0.25) is 0 Å². The van der Waals surface area contributed by atoms with E-state index in [1.165, 1.54) is 38.7 Å². The van der Waals surface area contributed by atoms with Crippen LogP contribution in [0.5, 0.6) is 0 Å². The standard InChI is InChI=1S/C37H40N2/c1-24(2)27-15-21-33(34(22-27)25(3)4)36-32-11-9-8-10-31(32)35(39-36)23-30-20-19-29(38-30)18-14-26-12-16-28(17-13-26)37(5,6)7/h8-17,19-25,38-39H,1-7H3. The monoisotopic (exact) mass is 512 g/mol. The number of rotatable bonds is 5. The SMILES string of the molecule is CC(C)c1ccc(-c2[nH]c(C=c3ccc(=C=Cc4ccc(C(C)(C)C)cc4)[nH]3)c3ccccc23)c(C(C)C)c1. The van der Waals surface area contributed by atoms with E-state index in [1.54, 1.807) is 0 Å². The number of H-pyrrole nitrogens is 2. The van der Waals surface area contributed by atoms with Crippen LogP contribution in [0.3, 0.4) is 0 Å². The van der Waals surface area contributed by atoms with Crippen LogP contribution in [0.4, 0.5) is 0 Å². The Labute approximate surface area is 232 Å². The number of aromatic amines is 2. The maximum Gasteiger partial charge on any atom is 0.0818 e. The molecule has 0 atom stereocenters. The van der Waals surface area contributed by atoms with Crippen molar-refractivity contribution in [2.45, 2.75) is 65.7 Å². The zero-order chi connectivity index (χ0) is 27.7. The van der Waals surface area contributed by atoms with Crippen LogP contribution >= 0.6 is 0 Å². The fourth-order valence-corrected chi connectivity index (χ4v) is 5.15. The number of hydrogen-bond donors (Lipinski definition) is 2. The molecule has 0 saturated carbocycles. The third kappa shape index (κ3) is 5.72. The molecule has 198 valence electrons.